The lowest BCUT2D eigenvalue weighted by Crippen LogP contribution is -2.39. The van der Waals surface area contributed by atoms with E-state index in [1.807, 2.05) is 0 Å². The van der Waals surface area contributed by atoms with Crippen molar-refractivity contribution < 1.29 is 17.6 Å². The molecule has 0 aliphatic heterocycles. The van der Waals surface area contributed by atoms with Crippen molar-refractivity contribution in [3.05, 3.63) is 86.5 Å². The first kappa shape index (κ1) is 18.6. The predicted octanol–water partition coefficient (Wildman–Crippen LogP) is 2.82. The van der Waals surface area contributed by atoms with Crippen LogP contribution >= 0.6 is 0 Å². The van der Waals surface area contributed by atoms with Crippen LogP contribution in [0, 0.1) is 0 Å². The predicted molar refractivity (Wildman–Crippen MR) is 92.5 cm³/mol. The molecule has 3 aromatic rings. The summed E-state index contributed by atoms with van der Waals surface area (Å²) in [5.41, 5.74) is -1.68. The van der Waals surface area contributed by atoms with Gasteiger partial charge in [0.2, 0.25) is 0 Å². The summed E-state index contributed by atoms with van der Waals surface area (Å²) >= 11 is 0. The number of benzene rings is 1. The van der Waals surface area contributed by atoms with Crippen LogP contribution in [0.25, 0.3) is 0 Å². The van der Waals surface area contributed by atoms with Gasteiger partial charge in [0.05, 0.1) is 24.9 Å². The molecule has 142 valence electrons. The Bertz CT molecular complexity index is 1050. The Labute approximate surface area is 151 Å². The minimum absolute atomic E-state index is 0.128. The maximum absolute atomic E-state index is 12.9. The largest absolute Gasteiger partial charge is 0.467 e. The molecule has 2 aromatic heterocycles. The summed E-state index contributed by atoms with van der Waals surface area (Å²) in [4.78, 5) is 24.4. The van der Waals surface area contributed by atoms with Gasteiger partial charge < -0.3 is 9.73 Å². The van der Waals surface area contributed by atoms with Crippen molar-refractivity contribution >= 4 is 5.82 Å². The smallest absolute Gasteiger partial charge is 0.416 e. The molecule has 0 fully saturated rings. The average molecular weight is 379 g/mol. The summed E-state index contributed by atoms with van der Waals surface area (Å²) in [5.74, 6) is 0.769. The molecule has 1 N–H and O–H groups in total. The first-order valence-corrected chi connectivity index (χ1v) is 7.99. The molecule has 3 rings (SSSR count). The van der Waals surface area contributed by atoms with Gasteiger partial charge in [0.15, 0.2) is 0 Å². The number of hydrogen-bond acceptors (Lipinski definition) is 4. The molecule has 27 heavy (non-hydrogen) atoms. The van der Waals surface area contributed by atoms with E-state index in [1.165, 1.54) is 36.1 Å². The fraction of sp³-hybridized carbons (Fsp3) is 0.222. The molecule has 0 unspecified atom stereocenters. The van der Waals surface area contributed by atoms with Crippen molar-refractivity contribution in [2.75, 3.05) is 5.32 Å². The van der Waals surface area contributed by atoms with Crippen molar-refractivity contribution in [2.24, 2.45) is 7.05 Å². The highest BCUT2D eigenvalue weighted by Gasteiger charge is 2.30. The van der Waals surface area contributed by atoms with Gasteiger partial charge in [-0.05, 0) is 29.8 Å². The second-order valence-corrected chi connectivity index (χ2v) is 5.93. The highest BCUT2D eigenvalue weighted by Crippen LogP contribution is 2.29. The number of anilines is 1. The van der Waals surface area contributed by atoms with E-state index in [1.54, 1.807) is 12.1 Å². The lowest BCUT2D eigenvalue weighted by atomic mass is 10.1. The summed E-state index contributed by atoms with van der Waals surface area (Å²) in [7, 11) is 1.31. The number of halogens is 3. The Kier molecular flexibility index (Phi) is 4.93. The first-order valence-electron chi connectivity index (χ1n) is 7.99. The normalized spacial score (nSPS) is 11.6. The number of aromatic nitrogens is 2. The van der Waals surface area contributed by atoms with Crippen LogP contribution in [0.1, 0.15) is 16.9 Å². The monoisotopic (exact) mass is 379 g/mol. The van der Waals surface area contributed by atoms with E-state index < -0.39 is 23.0 Å². The third-order valence-corrected chi connectivity index (χ3v) is 4.02. The van der Waals surface area contributed by atoms with Crippen LogP contribution in [-0.4, -0.2) is 9.13 Å². The topological polar surface area (TPSA) is 69.2 Å². The quantitative estimate of drug-likeness (QED) is 0.740. The van der Waals surface area contributed by atoms with Crippen LogP contribution in [0.3, 0.4) is 0 Å². The van der Waals surface area contributed by atoms with E-state index in [-0.39, 0.29) is 24.5 Å². The zero-order valence-corrected chi connectivity index (χ0v) is 14.3. The molecule has 1 aromatic carbocycles. The average Bonchev–Trinajstić information content (AvgIpc) is 3.14. The Morgan fingerprint density at radius 3 is 2.56 bits per heavy atom. The van der Waals surface area contributed by atoms with Gasteiger partial charge in [0, 0.05) is 13.1 Å². The van der Waals surface area contributed by atoms with Gasteiger partial charge in [-0.15, -0.1) is 0 Å². The molecular formula is C18H16F3N3O3. The van der Waals surface area contributed by atoms with E-state index in [2.05, 4.69) is 5.32 Å². The number of hydrogen-bond donors (Lipinski definition) is 1. The molecule has 0 bridgehead atoms. The molecule has 0 aliphatic rings. The van der Waals surface area contributed by atoms with Gasteiger partial charge in [-0.25, -0.2) is 4.79 Å². The maximum atomic E-state index is 12.9. The van der Waals surface area contributed by atoms with Crippen LogP contribution in [0.2, 0.25) is 0 Å². The Morgan fingerprint density at radius 2 is 1.89 bits per heavy atom. The van der Waals surface area contributed by atoms with Gasteiger partial charge in [0.1, 0.15) is 11.6 Å². The van der Waals surface area contributed by atoms with Crippen molar-refractivity contribution in [1.29, 1.82) is 0 Å². The zero-order valence-electron chi connectivity index (χ0n) is 14.3. The third kappa shape index (κ3) is 4.13. The number of alkyl halides is 3. The van der Waals surface area contributed by atoms with Crippen LogP contribution in [-0.2, 0) is 26.3 Å². The summed E-state index contributed by atoms with van der Waals surface area (Å²) in [6.45, 7) is 0.0829. The van der Waals surface area contributed by atoms with Gasteiger partial charge in [0.25, 0.3) is 5.56 Å². The summed E-state index contributed by atoms with van der Waals surface area (Å²) < 4.78 is 46.1. The SMILES string of the molecule is Cn1c(=O)cc(NCc2ccco2)n(Cc2cccc(C(F)(F)F)c2)c1=O. The molecule has 0 radical (unpaired) electrons. The van der Waals surface area contributed by atoms with Crippen LogP contribution in [0.4, 0.5) is 19.0 Å². The molecule has 0 aliphatic carbocycles. The fourth-order valence-corrected chi connectivity index (χ4v) is 2.59. The summed E-state index contributed by atoms with van der Waals surface area (Å²) in [6.07, 6.45) is -3.00. The van der Waals surface area contributed by atoms with Crippen molar-refractivity contribution in [2.45, 2.75) is 19.3 Å². The molecule has 0 saturated carbocycles. The van der Waals surface area contributed by atoms with Crippen LogP contribution < -0.4 is 16.6 Å². The minimum Gasteiger partial charge on any atom is -0.467 e. The van der Waals surface area contributed by atoms with Gasteiger partial charge in [-0.1, -0.05) is 12.1 Å². The molecule has 0 atom stereocenters. The van der Waals surface area contributed by atoms with Gasteiger partial charge in [-0.3, -0.25) is 13.9 Å². The van der Waals surface area contributed by atoms with Gasteiger partial charge >= 0.3 is 11.9 Å². The van der Waals surface area contributed by atoms with E-state index in [9.17, 15) is 22.8 Å². The van der Waals surface area contributed by atoms with Crippen molar-refractivity contribution in [3.8, 4) is 0 Å². The molecule has 6 nitrogen and oxygen atoms in total. The zero-order chi connectivity index (χ0) is 19.6. The number of rotatable bonds is 5. The lowest BCUT2D eigenvalue weighted by Gasteiger charge is -2.16. The Hall–Kier alpha value is -3.23. The van der Waals surface area contributed by atoms with Gasteiger partial charge in [-0.2, -0.15) is 13.2 Å². The fourth-order valence-electron chi connectivity index (χ4n) is 2.59. The Balaban J connectivity index is 1.97. The molecule has 0 amide bonds. The number of nitrogens with one attached hydrogen (secondary N) is 1. The third-order valence-electron chi connectivity index (χ3n) is 4.02. The van der Waals surface area contributed by atoms with Crippen molar-refractivity contribution in [3.63, 3.8) is 0 Å². The Morgan fingerprint density at radius 1 is 1.11 bits per heavy atom. The van der Waals surface area contributed by atoms with E-state index in [0.29, 0.717) is 5.76 Å². The molecule has 0 spiro atoms. The minimum atomic E-state index is -4.48. The number of furan rings is 1. The summed E-state index contributed by atoms with van der Waals surface area (Å²) in [5, 5.41) is 2.92. The second-order valence-electron chi connectivity index (χ2n) is 5.93. The molecule has 2 heterocycles. The molecular weight excluding hydrogens is 363 g/mol. The van der Waals surface area contributed by atoms with E-state index in [0.717, 1.165) is 16.7 Å². The van der Waals surface area contributed by atoms with Crippen LogP contribution in [0.5, 0.6) is 0 Å². The van der Waals surface area contributed by atoms with E-state index in [4.69, 9.17) is 4.42 Å². The second kappa shape index (κ2) is 7.18. The number of nitrogens with zero attached hydrogens (tertiary/aromatic N) is 2. The standard InChI is InChI=1S/C18H16F3N3O3/c1-23-16(25)9-15(22-10-14-6-3-7-27-14)24(17(23)26)11-12-4-2-5-13(8-12)18(19,20)21/h2-9,22H,10-11H2,1H3. The molecule has 9 heteroatoms. The highest BCUT2D eigenvalue weighted by atomic mass is 19.4. The molecule has 0 saturated heterocycles. The first-order chi connectivity index (χ1) is 12.8. The maximum Gasteiger partial charge on any atom is 0.416 e. The lowest BCUT2D eigenvalue weighted by molar-refractivity contribution is -0.137. The highest BCUT2D eigenvalue weighted by molar-refractivity contribution is 5.36. The van der Waals surface area contributed by atoms with Crippen molar-refractivity contribution in [1.82, 2.24) is 9.13 Å². The van der Waals surface area contributed by atoms with E-state index >= 15 is 0 Å². The van der Waals surface area contributed by atoms with Crippen LogP contribution in [0.15, 0.2) is 62.7 Å². The summed E-state index contributed by atoms with van der Waals surface area (Å²) in [6, 6.07) is 9.33.